The predicted octanol–water partition coefficient (Wildman–Crippen LogP) is -0.862. The number of aromatic nitrogens is 3. The number of ether oxygens (including phenoxy) is 2. The van der Waals surface area contributed by atoms with Gasteiger partial charge in [0.25, 0.3) is 11.5 Å². The second kappa shape index (κ2) is 6.86. The van der Waals surface area contributed by atoms with Crippen molar-refractivity contribution in [1.82, 2.24) is 20.6 Å². The molecule has 0 spiro atoms. The van der Waals surface area contributed by atoms with Gasteiger partial charge in [-0.25, -0.2) is 15.3 Å². The number of benzene rings is 1. The molecule has 1 aromatic carbocycles. The highest BCUT2D eigenvalue weighted by Gasteiger charge is 2.15. The Hall–Kier alpha value is -3.63. The van der Waals surface area contributed by atoms with Crippen molar-refractivity contribution in [2.24, 2.45) is 5.10 Å². The van der Waals surface area contributed by atoms with Crippen LogP contribution in [-0.2, 0) is 4.79 Å². The Bertz CT molecular complexity index is 934. The van der Waals surface area contributed by atoms with E-state index in [4.69, 9.17) is 9.47 Å². The number of hydrazone groups is 1. The fraction of sp³-hybridized carbons (Fsp3) is 0.214. The van der Waals surface area contributed by atoms with Crippen LogP contribution in [0.4, 0.5) is 5.82 Å². The summed E-state index contributed by atoms with van der Waals surface area (Å²) in [4.78, 5) is 36.4. The Morgan fingerprint density at radius 3 is 2.96 bits per heavy atom. The number of hydrogen-bond donors (Lipinski definition) is 4. The molecule has 0 saturated carbocycles. The van der Waals surface area contributed by atoms with Gasteiger partial charge in [-0.1, -0.05) is 0 Å². The second-order valence-electron chi connectivity index (χ2n) is 5.07. The van der Waals surface area contributed by atoms with Gasteiger partial charge < -0.3 is 14.8 Å². The highest BCUT2D eigenvalue weighted by atomic mass is 16.7. The van der Waals surface area contributed by atoms with E-state index < -0.39 is 23.2 Å². The van der Waals surface area contributed by atoms with Crippen LogP contribution < -0.4 is 31.5 Å². The molecule has 1 atom stereocenters. The molecule has 0 saturated heterocycles. The molecule has 25 heavy (non-hydrogen) atoms. The molecule has 4 N–H and O–H groups in total. The lowest BCUT2D eigenvalue weighted by atomic mass is 10.2. The maximum atomic E-state index is 12.0. The Balaban J connectivity index is 1.58. The fourth-order valence-corrected chi connectivity index (χ4v) is 1.98. The summed E-state index contributed by atoms with van der Waals surface area (Å²) in [6.07, 6.45) is 1.44. The van der Waals surface area contributed by atoms with Crippen LogP contribution in [-0.4, -0.2) is 40.1 Å². The average molecular weight is 346 g/mol. The zero-order valence-corrected chi connectivity index (χ0v) is 13.0. The SMILES string of the molecule is C[C@H](Nc1n[nH]c(=O)[nH]c1=O)C(=O)NN=Cc1ccc2c(c1)OCO2. The Morgan fingerprint density at radius 2 is 2.16 bits per heavy atom. The van der Waals surface area contributed by atoms with Gasteiger partial charge in [0.2, 0.25) is 12.6 Å². The fourth-order valence-electron chi connectivity index (χ4n) is 1.98. The van der Waals surface area contributed by atoms with Gasteiger partial charge in [0.15, 0.2) is 11.5 Å². The molecule has 2 heterocycles. The molecule has 0 bridgehead atoms. The van der Waals surface area contributed by atoms with Crippen LogP contribution in [0.25, 0.3) is 0 Å². The number of H-pyrrole nitrogens is 2. The third-order valence-corrected chi connectivity index (χ3v) is 3.24. The molecular weight excluding hydrogens is 332 g/mol. The Morgan fingerprint density at radius 1 is 1.36 bits per heavy atom. The number of nitrogens with one attached hydrogen (secondary N) is 4. The van der Waals surface area contributed by atoms with Gasteiger partial charge in [0, 0.05) is 0 Å². The summed E-state index contributed by atoms with van der Waals surface area (Å²) in [5.41, 5.74) is 1.58. The number of carbonyl (C=O) groups is 1. The Kier molecular flexibility index (Phi) is 4.46. The van der Waals surface area contributed by atoms with E-state index in [0.29, 0.717) is 17.1 Å². The first-order valence-corrected chi connectivity index (χ1v) is 7.21. The van der Waals surface area contributed by atoms with Crippen LogP contribution in [0, 0.1) is 0 Å². The molecule has 0 fully saturated rings. The van der Waals surface area contributed by atoms with Crippen molar-refractivity contribution >= 4 is 17.9 Å². The quantitative estimate of drug-likeness (QED) is 0.406. The monoisotopic (exact) mass is 346 g/mol. The Labute approximate surface area is 140 Å². The number of hydrogen-bond acceptors (Lipinski definition) is 8. The number of carbonyl (C=O) groups excluding carboxylic acids is 1. The molecule has 2 aromatic rings. The summed E-state index contributed by atoms with van der Waals surface area (Å²) in [6, 6.07) is 4.41. The van der Waals surface area contributed by atoms with E-state index in [2.05, 4.69) is 26.0 Å². The molecule has 1 aliphatic rings. The van der Waals surface area contributed by atoms with Crippen molar-refractivity contribution in [2.45, 2.75) is 13.0 Å². The third-order valence-electron chi connectivity index (χ3n) is 3.24. The first kappa shape index (κ1) is 16.2. The van der Waals surface area contributed by atoms with E-state index in [1.54, 1.807) is 18.2 Å². The number of amides is 1. The summed E-state index contributed by atoms with van der Waals surface area (Å²) in [5, 5.41) is 12.0. The molecule has 0 unspecified atom stereocenters. The van der Waals surface area contributed by atoms with Gasteiger partial charge in [0.1, 0.15) is 6.04 Å². The highest BCUT2D eigenvalue weighted by molar-refractivity contribution is 5.86. The number of fused-ring (bicyclic) bond motifs is 1. The summed E-state index contributed by atoms with van der Waals surface area (Å²) in [7, 11) is 0. The minimum atomic E-state index is -0.812. The third kappa shape index (κ3) is 3.83. The smallest absolute Gasteiger partial charge is 0.342 e. The van der Waals surface area contributed by atoms with Crippen molar-refractivity contribution < 1.29 is 14.3 Å². The van der Waals surface area contributed by atoms with Crippen LogP contribution >= 0.6 is 0 Å². The zero-order valence-electron chi connectivity index (χ0n) is 13.0. The van der Waals surface area contributed by atoms with Crippen LogP contribution in [0.15, 0.2) is 32.9 Å². The first-order chi connectivity index (χ1) is 12.0. The zero-order chi connectivity index (χ0) is 17.8. The van der Waals surface area contributed by atoms with Gasteiger partial charge in [0.05, 0.1) is 6.21 Å². The topological polar surface area (TPSA) is 151 Å². The lowest BCUT2D eigenvalue weighted by Gasteiger charge is -2.11. The number of aromatic amines is 2. The van der Waals surface area contributed by atoms with Gasteiger partial charge in [-0.05, 0) is 30.7 Å². The van der Waals surface area contributed by atoms with Gasteiger partial charge in [-0.3, -0.25) is 14.6 Å². The van der Waals surface area contributed by atoms with Crippen molar-refractivity contribution in [2.75, 3.05) is 12.1 Å². The highest BCUT2D eigenvalue weighted by Crippen LogP contribution is 2.31. The minimum Gasteiger partial charge on any atom is -0.454 e. The van der Waals surface area contributed by atoms with Gasteiger partial charge in [-0.15, -0.1) is 5.10 Å². The number of nitrogens with zero attached hydrogens (tertiary/aromatic N) is 2. The van der Waals surface area contributed by atoms with Gasteiger partial charge in [-0.2, -0.15) is 5.10 Å². The number of anilines is 1. The van der Waals surface area contributed by atoms with Crippen LogP contribution in [0.3, 0.4) is 0 Å². The maximum absolute atomic E-state index is 12.0. The largest absolute Gasteiger partial charge is 0.454 e. The van der Waals surface area contributed by atoms with Crippen LogP contribution in [0.5, 0.6) is 11.5 Å². The van der Waals surface area contributed by atoms with Crippen molar-refractivity contribution in [1.29, 1.82) is 0 Å². The lowest BCUT2D eigenvalue weighted by Crippen LogP contribution is -2.38. The predicted molar refractivity (Wildman–Crippen MR) is 86.9 cm³/mol. The van der Waals surface area contributed by atoms with Crippen LogP contribution in [0.2, 0.25) is 0 Å². The van der Waals surface area contributed by atoms with E-state index in [1.807, 2.05) is 4.98 Å². The molecular formula is C14H14N6O5. The maximum Gasteiger partial charge on any atom is 0.342 e. The molecule has 1 aromatic heterocycles. The minimum absolute atomic E-state index is 0.174. The lowest BCUT2D eigenvalue weighted by molar-refractivity contribution is -0.121. The molecule has 0 radical (unpaired) electrons. The van der Waals surface area contributed by atoms with Gasteiger partial charge >= 0.3 is 5.69 Å². The molecule has 11 nitrogen and oxygen atoms in total. The van der Waals surface area contributed by atoms with E-state index in [0.717, 1.165) is 0 Å². The summed E-state index contributed by atoms with van der Waals surface area (Å²) >= 11 is 0. The molecule has 130 valence electrons. The van der Waals surface area contributed by atoms with Crippen molar-refractivity contribution in [3.63, 3.8) is 0 Å². The summed E-state index contributed by atoms with van der Waals surface area (Å²) in [5.74, 6) is 0.581. The summed E-state index contributed by atoms with van der Waals surface area (Å²) in [6.45, 7) is 1.69. The summed E-state index contributed by atoms with van der Waals surface area (Å²) < 4.78 is 10.4. The van der Waals surface area contributed by atoms with Crippen molar-refractivity contribution in [3.8, 4) is 11.5 Å². The van der Waals surface area contributed by atoms with E-state index in [1.165, 1.54) is 13.1 Å². The average Bonchev–Trinajstić information content (AvgIpc) is 3.05. The molecule has 1 amide bonds. The van der Waals surface area contributed by atoms with Crippen LogP contribution in [0.1, 0.15) is 12.5 Å². The molecule has 11 heteroatoms. The molecule has 3 rings (SSSR count). The van der Waals surface area contributed by atoms with Crippen molar-refractivity contribution in [3.05, 3.63) is 44.6 Å². The normalized spacial score (nSPS) is 13.6. The standard InChI is InChI=1S/C14H14N6O5/c1-7(16-11-13(22)17-14(23)20-18-11)12(21)19-15-5-8-2-3-9-10(4-8)25-6-24-9/h2-5,7H,6H2,1H3,(H,16,18)(H,19,21)(H2,17,20,22,23)/t7-/m0/s1. The second-order valence-corrected chi connectivity index (χ2v) is 5.07. The van der Waals surface area contributed by atoms with E-state index >= 15 is 0 Å². The van der Waals surface area contributed by atoms with E-state index in [-0.39, 0.29) is 12.6 Å². The van der Waals surface area contributed by atoms with E-state index in [9.17, 15) is 14.4 Å². The molecule has 1 aliphatic heterocycles. The molecule has 0 aliphatic carbocycles. The first-order valence-electron chi connectivity index (χ1n) is 7.21. The number of rotatable bonds is 5.